The Labute approximate surface area is 195 Å². The SMILES string of the molecule is Cc1ccc(N(CCCl)CCOS(C)(=O)=O)cc1C(CNC(=O)OC(C)(C)C)CC(=O)O. The number of alkyl halides is 1. The van der Waals surface area contributed by atoms with Crippen LogP contribution >= 0.6 is 11.6 Å². The largest absolute Gasteiger partial charge is 0.481 e. The summed E-state index contributed by atoms with van der Waals surface area (Å²) in [6.45, 7) is 7.85. The number of carboxylic acids is 1. The fourth-order valence-electron chi connectivity index (χ4n) is 3.06. The Hall–Kier alpha value is -2.04. The van der Waals surface area contributed by atoms with Gasteiger partial charge in [-0.1, -0.05) is 6.07 Å². The first-order valence-corrected chi connectivity index (χ1v) is 12.5. The third kappa shape index (κ3) is 11.0. The lowest BCUT2D eigenvalue weighted by atomic mass is 9.91. The van der Waals surface area contributed by atoms with Crippen molar-refractivity contribution in [1.29, 1.82) is 0 Å². The highest BCUT2D eigenvalue weighted by Crippen LogP contribution is 2.28. The minimum atomic E-state index is -3.56. The van der Waals surface area contributed by atoms with Crippen LogP contribution in [0, 0.1) is 6.92 Å². The third-order valence-corrected chi connectivity index (χ3v) is 5.16. The fourth-order valence-corrected chi connectivity index (χ4v) is 3.64. The highest BCUT2D eigenvalue weighted by Gasteiger charge is 2.22. The van der Waals surface area contributed by atoms with Gasteiger partial charge >= 0.3 is 12.1 Å². The van der Waals surface area contributed by atoms with Gasteiger partial charge in [-0.2, -0.15) is 8.42 Å². The number of ether oxygens (including phenoxy) is 1. The monoisotopic (exact) mass is 492 g/mol. The molecule has 1 atom stereocenters. The quantitative estimate of drug-likeness (QED) is 0.337. The molecule has 0 aliphatic rings. The molecular weight excluding hydrogens is 460 g/mol. The minimum Gasteiger partial charge on any atom is -0.481 e. The van der Waals surface area contributed by atoms with E-state index in [4.69, 9.17) is 20.5 Å². The lowest BCUT2D eigenvalue weighted by Gasteiger charge is -2.27. The van der Waals surface area contributed by atoms with Crippen LogP contribution in [0.1, 0.15) is 44.2 Å². The number of aliphatic carboxylic acids is 1. The van der Waals surface area contributed by atoms with Crippen LogP contribution in [0.5, 0.6) is 0 Å². The normalized spacial score (nSPS) is 12.8. The first-order valence-electron chi connectivity index (χ1n) is 10.2. The van der Waals surface area contributed by atoms with Gasteiger partial charge in [0.25, 0.3) is 10.1 Å². The lowest BCUT2D eigenvalue weighted by molar-refractivity contribution is -0.137. The molecule has 1 amide bonds. The van der Waals surface area contributed by atoms with Crippen LogP contribution in [0.2, 0.25) is 0 Å². The molecule has 0 saturated carbocycles. The lowest BCUT2D eigenvalue weighted by Crippen LogP contribution is -2.35. The molecule has 2 N–H and O–H groups in total. The molecule has 0 fully saturated rings. The van der Waals surface area contributed by atoms with E-state index in [-0.39, 0.29) is 26.1 Å². The maximum absolute atomic E-state index is 12.1. The number of rotatable bonds is 12. The van der Waals surface area contributed by atoms with Crippen molar-refractivity contribution in [3.63, 3.8) is 0 Å². The number of carbonyl (C=O) groups excluding carboxylic acids is 1. The van der Waals surface area contributed by atoms with Gasteiger partial charge in [0, 0.05) is 37.1 Å². The number of carboxylic acid groups (broad SMARTS) is 1. The zero-order valence-electron chi connectivity index (χ0n) is 19.2. The second kappa shape index (κ2) is 12.3. The van der Waals surface area contributed by atoms with Crippen molar-refractivity contribution < 1.29 is 32.0 Å². The summed E-state index contributed by atoms with van der Waals surface area (Å²) in [6.07, 6.45) is 0.174. The molecule has 0 radical (unpaired) electrons. The Bertz CT molecular complexity index is 885. The third-order valence-electron chi connectivity index (χ3n) is 4.39. The number of nitrogens with one attached hydrogen (secondary N) is 1. The summed E-state index contributed by atoms with van der Waals surface area (Å²) in [6, 6.07) is 5.54. The molecule has 1 rings (SSSR count). The average Bonchev–Trinajstić information content (AvgIpc) is 2.62. The van der Waals surface area contributed by atoms with Gasteiger partial charge in [0.2, 0.25) is 0 Å². The van der Waals surface area contributed by atoms with Crippen LogP contribution in [-0.4, -0.2) is 69.6 Å². The van der Waals surface area contributed by atoms with Crippen molar-refractivity contribution >= 4 is 39.5 Å². The van der Waals surface area contributed by atoms with Crippen molar-refractivity contribution in [1.82, 2.24) is 5.32 Å². The summed E-state index contributed by atoms with van der Waals surface area (Å²) in [7, 11) is -3.56. The standard InChI is InChI=1S/C21H33ClN2O7S/c1-15-6-7-17(24(9-8-22)10-11-30-32(5,28)29)13-18(15)16(12-19(25)26)14-23-20(27)31-21(2,3)4/h6-7,13,16H,8-12,14H2,1-5H3,(H,23,27)(H,25,26). The van der Waals surface area contributed by atoms with Gasteiger partial charge in [0.05, 0.1) is 19.3 Å². The summed E-state index contributed by atoms with van der Waals surface area (Å²) < 4.78 is 32.6. The van der Waals surface area contributed by atoms with E-state index < -0.39 is 33.7 Å². The highest BCUT2D eigenvalue weighted by atomic mass is 35.5. The molecule has 0 aliphatic heterocycles. The van der Waals surface area contributed by atoms with Crippen LogP contribution in [0.4, 0.5) is 10.5 Å². The van der Waals surface area contributed by atoms with Gasteiger partial charge in [0.15, 0.2) is 0 Å². The number of alkyl carbamates (subject to hydrolysis) is 1. The molecule has 0 saturated heterocycles. The first kappa shape index (κ1) is 28.0. The molecule has 0 heterocycles. The highest BCUT2D eigenvalue weighted by molar-refractivity contribution is 7.85. The van der Waals surface area contributed by atoms with Crippen molar-refractivity contribution in [2.45, 2.75) is 45.6 Å². The number of hydrogen-bond acceptors (Lipinski definition) is 7. The molecule has 1 unspecified atom stereocenters. The molecule has 182 valence electrons. The number of carbonyl (C=O) groups is 2. The van der Waals surface area contributed by atoms with Crippen molar-refractivity contribution in [3.05, 3.63) is 29.3 Å². The number of hydrogen-bond donors (Lipinski definition) is 2. The zero-order chi connectivity index (χ0) is 24.5. The molecule has 0 spiro atoms. The van der Waals surface area contributed by atoms with Gasteiger partial charge in [0.1, 0.15) is 5.60 Å². The number of benzene rings is 1. The second-order valence-electron chi connectivity index (χ2n) is 8.42. The van der Waals surface area contributed by atoms with Gasteiger partial charge in [-0.25, -0.2) is 4.79 Å². The summed E-state index contributed by atoms with van der Waals surface area (Å²) in [5, 5.41) is 12.0. The van der Waals surface area contributed by atoms with Crippen molar-refractivity contribution in [2.24, 2.45) is 0 Å². The number of nitrogens with zero attached hydrogens (tertiary/aromatic N) is 1. The summed E-state index contributed by atoms with van der Waals surface area (Å²) >= 11 is 5.91. The molecule has 9 nitrogen and oxygen atoms in total. The van der Waals surface area contributed by atoms with Gasteiger partial charge in [-0.3, -0.25) is 8.98 Å². The Balaban J connectivity index is 3.10. The fraction of sp³-hybridized carbons (Fsp3) is 0.619. The van der Waals surface area contributed by atoms with Gasteiger partial charge in [-0.15, -0.1) is 11.6 Å². The second-order valence-corrected chi connectivity index (χ2v) is 10.4. The number of aryl methyl sites for hydroxylation is 1. The summed E-state index contributed by atoms with van der Waals surface area (Å²) in [4.78, 5) is 25.4. The Kier molecular flexibility index (Phi) is 10.7. The van der Waals surface area contributed by atoms with Gasteiger partial charge in [-0.05, 0) is 51.0 Å². The summed E-state index contributed by atoms with van der Waals surface area (Å²) in [5.41, 5.74) is 1.70. The van der Waals surface area contributed by atoms with E-state index in [2.05, 4.69) is 5.32 Å². The van der Waals surface area contributed by atoms with E-state index in [0.29, 0.717) is 12.4 Å². The molecule has 0 aliphatic carbocycles. The molecule has 32 heavy (non-hydrogen) atoms. The van der Waals surface area contributed by atoms with Crippen LogP contribution in [0.15, 0.2) is 18.2 Å². The van der Waals surface area contributed by atoms with Crippen molar-refractivity contribution in [2.75, 3.05) is 43.3 Å². The predicted molar refractivity (Wildman–Crippen MR) is 124 cm³/mol. The topological polar surface area (TPSA) is 122 Å². The maximum atomic E-state index is 12.1. The zero-order valence-corrected chi connectivity index (χ0v) is 20.8. The molecule has 11 heteroatoms. The maximum Gasteiger partial charge on any atom is 0.407 e. The molecule has 0 bridgehead atoms. The van der Waals surface area contributed by atoms with E-state index in [1.54, 1.807) is 20.8 Å². The first-order chi connectivity index (χ1) is 14.7. The number of anilines is 1. The number of amides is 1. The van der Waals surface area contributed by atoms with Crippen LogP contribution in [0.3, 0.4) is 0 Å². The van der Waals surface area contributed by atoms with E-state index in [1.807, 2.05) is 30.0 Å². The smallest absolute Gasteiger partial charge is 0.407 e. The molecule has 1 aromatic carbocycles. The van der Waals surface area contributed by atoms with Crippen molar-refractivity contribution in [3.8, 4) is 0 Å². The van der Waals surface area contributed by atoms with E-state index in [1.165, 1.54) is 0 Å². The molecule has 0 aromatic heterocycles. The Morgan fingerprint density at radius 2 is 1.91 bits per heavy atom. The van der Waals surface area contributed by atoms with E-state index >= 15 is 0 Å². The molecular formula is C21H33ClN2O7S. The Morgan fingerprint density at radius 3 is 2.44 bits per heavy atom. The average molecular weight is 493 g/mol. The van der Waals surface area contributed by atoms with E-state index in [9.17, 15) is 23.1 Å². The van der Waals surface area contributed by atoms with Crippen LogP contribution in [-0.2, 0) is 23.8 Å². The number of halogens is 1. The Morgan fingerprint density at radius 1 is 1.25 bits per heavy atom. The van der Waals surface area contributed by atoms with Gasteiger partial charge < -0.3 is 20.1 Å². The van der Waals surface area contributed by atoms with Crippen LogP contribution < -0.4 is 10.2 Å². The predicted octanol–water partition coefficient (Wildman–Crippen LogP) is 3.10. The minimum absolute atomic E-state index is 0.0440. The molecule has 1 aromatic rings. The van der Waals surface area contributed by atoms with E-state index in [0.717, 1.165) is 23.1 Å². The summed E-state index contributed by atoms with van der Waals surface area (Å²) in [5.74, 6) is -1.18. The van der Waals surface area contributed by atoms with Crippen LogP contribution in [0.25, 0.3) is 0 Å².